The molecule has 1 aromatic rings. The third kappa shape index (κ3) is 4.78. The number of sulfonamides is 1. The molecular formula is C15H20BrNO6S. The highest BCUT2D eigenvalue weighted by molar-refractivity contribution is 9.10. The van der Waals surface area contributed by atoms with Gasteiger partial charge < -0.3 is 9.47 Å². The molecule has 0 radical (unpaired) electrons. The van der Waals surface area contributed by atoms with E-state index in [-0.39, 0.29) is 21.5 Å². The van der Waals surface area contributed by atoms with Crippen LogP contribution in [-0.2, 0) is 24.3 Å². The summed E-state index contributed by atoms with van der Waals surface area (Å²) in [6, 6.07) is 3.59. The molecule has 0 unspecified atom stereocenters. The number of nitrogens with zero attached hydrogens (tertiary/aromatic N) is 1. The van der Waals surface area contributed by atoms with Crippen LogP contribution in [-0.4, -0.2) is 51.0 Å². The molecule has 0 fully saturated rings. The molecule has 134 valence electrons. The molecule has 0 atom stereocenters. The summed E-state index contributed by atoms with van der Waals surface area (Å²) in [5.74, 6) is -1.20. The molecule has 0 saturated carbocycles. The van der Waals surface area contributed by atoms with E-state index in [0.717, 1.165) is 4.31 Å². The SMILES string of the molecule is CCOC(=O)c1ccc(S(=O)(=O)N(CC(=O)OC)C(C)C)c(Br)c1. The largest absolute Gasteiger partial charge is 0.468 e. The lowest BCUT2D eigenvalue weighted by Crippen LogP contribution is -2.41. The van der Waals surface area contributed by atoms with Crippen molar-refractivity contribution in [2.45, 2.75) is 31.7 Å². The molecule has 0 aliphatic carbocycles. The number of benzene rings is 1. The van der Waals surface area contributed by atoms with Crippen LogP contribution in [0.15, 0.2) is 27.6 Å². The van der Waals surface area contributed by atoms with Gasteiger partial charge in [-0.1, -0.05) is 0 Å². The third-order valence-electron chi connectivity index (χ3n) is 3.12. The van der Waals surface area contributed by atoms with E-state index in [1.165, 1.54) is 25.3 Å². The minimum atomic E-state index is -3.96. The van der Waals surface area contributed by atoms with Crippen LogP contribution in [0, 0.1) is 0 Å². The Morgan fingerprint density at radius 1 is 1.29 bits per heavy atom. The van der Waals surface area contributed by atoms with Crippen LogP contribution in [0.4, 0.5) is 0 Å². The van der Waals surface area contributed by atoms with E-state index in [0.29, 0.717) is 0 Å². The number of ether oxygens (including phenoxy) is 2. The van der Waals surface area contributed by atoms with Crippen LogP contribution in [0.2, 0.25) is 0 Å². The molecular weight excluding hydrogens is 402 g/mol. The van der Waals surface area contributed by atoms with Crippen molar-refractivity contribution in [3.05, 3.63) is 28.2 Å². The van der Waals surface area contributed by atoms with Crippen LogP contribution in [0.25, 0.3) is 0 Å². The quantitative estimate of drug-likeness (QED) is 0.626. The highest BCUT2D eigenvalue weighted by Gasteiger charge is 2.31. The van der Waals surface area contributed by atoms with Crippen molar-refractivity contribution < 1.29 is 27.5 Å². The van der Waals surface area contributed by atoms with Gasteiger partial charge in [0.05, 0.1) is 24.2 Å². The van der Waals surface area contributed by atoms with E-state index >= 15 is 0 Å². The first-order valence-electron chi connectivity index (χ1n) is 7.20. The van der Waals surface area contributed by atoms with Crippen LogP contribution in [0.5, 0.6) is 0 Å². The fraction of sp³-hybridized carbons (Fsp3) is 0.467. The van der Waals surface area contributed by atoms with Gasteiger partial charge >= 0.3 is 11.9 Å². The molecule has 0 heterocycles. The summed E-state index contributed by atoms with van der Waals surface area (Å²) in [6.07, 6.45) is 0. The van der Waals surface area contributed by atoms with E-state index in [4.69, 9.17) is 4.74 Å². The van der Waals surface area contributed by atoms with Crippen molar-refractivity contribution in [3.8, 4) is 0 Å². The molecule has 0 saturated heterocycles. The Morgan fingerprint density at radius 2 is 1.92 bits per heavy atom. The first-order valence-corrected chi connectivity index (χ1v) is 9.43. The van der Waals surface area contributed by atoms with Gasteiger partial charge in [-0.15, -0.1) is 0 Å². The summed E-state index contributed by atoms with van der Waals surface area (Å²) in [4.78, 5) is 23.2. The maximum atomic E-state index is 12.8. The first-order chi connectivity index (χ1) is 11.1. The number of carbonyl (C=O) groups is 2. The van der Waals surface area contributed by atoms with Gasteiger partial charge in [0.15, 0.2) is 0 Å². The van der Waals surface area contributed by atoms with Crippen LogP contribution in [0.1, 0.15) is 31.1 Å². The highest BCUT2D eigenvalue weighted by Crippen LogP contribution is 2.27. The van der Waals surface area contributed by atoms with Crippen LogP contribution < -0.4 is 0 Å². The predicted octanol–water partition coefficient (Wildman–Crippen LogP) is 2.20. The highest BCUT2D eigenvalue weighted by atomic mass is 79.9. The van der Waals surface area contributed by atoms with Gasteiger partial charge in [0.25, 0.3) is 0 Å². The molecule has 0 N–H and O–H groups in total. The second kappa shape index (κ2) is 8.59. The van der Waals surface area contributed by atoms with E-state index < -0.39 is 34.5 Å². The minimum absolute atomic E-state index is 0.0480. The molecule has 0 aliphatic heterocycles. The second-order valence-electron chi connectivity index (χ2n) is 5.09. The van der Waals surface area contributed by atoms with E-state index in [1.54, 1.807) is 20.8 Å². The smallest absolute Gasteiger partial charge is 0.338 e. The number of hydrogen-bond donors (Lipinski definition) is 0. The molecule has 1 aromatic carbocycles. The normalized spacial score (nSPS) is 11.6. The number of halogens is 1. The lowest BCUT2D eigenvalue weighted by atomic mass is 10.2. The Morgan fingerprint density at radius 3 is 2.38 bits per heavy atom. The lowest BCUT2D eigenvalue weighted by molar-refractivity contribution is -0.141. The molecule has 0 aromatic heterocycles. The Bertz CT molecular complexity index is 717. The van der Waals surface area contributed by atoms with Gasteiger partial charge in [0.1, 0.15) is 6.54 Å². The number of methoxy groups -OCH3 is 1. The van der Waals surface area contributed by atoms with Crippen LogP contribution in [0.3, 0.4) is 0 Å². The third-order valence-corrected chi connectivity index (χ3v) is 6.12. The predicted molar refractivity (Wildman–Crippen MR) is 91.1 cm³/mol. The first kappa shape index (κ1) is 20.6. The molecule has 0 amide bonds. The lowest BCUT2D eigenvalue weighted by Gasteiger charge is -2.25. The summed E-state index contributed by atoms with van der Waals surface area (Å²) in [7, 11) is -2.77. The maximum Gasteiger partial charge on any atom is 0.338 e. The van der Waals surface area contributed by atoms with Gasteiger partial charge in [-0.3, -0.25) is 4.79 Å². The van der Waals surface area contributed by atoms with Crippen molar-refractivity contribution in [1.82, 2.24) is 4.31 Å². The molecule has 0 bridgehead atoms. The Kier molecular flexibility index (Phi) is 7.37. The fourth-order valence-electron chi connectivity index (χ4n) is 1.91. The second-order valence-corrected chi connectivity index (χ2v) is 7.80. The fourth-order valence-corrected chi connectivity index (χ4v) is 4.54. The Labute approximate surface area is 150 Å². The summed E-state index contributed by atoms with van der Waals surface area (Å²) in [5.41, 5.74) is 0.228. The number of carbonyl (C=O) groups excluding carboxylic acids is 2. The van der Waals surface area contributed by atoms with Gasteiger partial charge in [-0.2, -0.15) is 4.31 Å². The summed E-state index contributed by atoms with van der Waals surface area (Å²) in [6.45, 7) is 4.81. The van der Waals surface area contributed by atoms with Crippen molar-refractivity contribution in [2.75, 3.05) is 20.3 Å². The van der Waals surface area contributed by atoms with Crippen LogP contribution >= 0.6 is 15.9 Å². The van der Waals surface area contributed by atoms with Crippen molar-refractivity contribution >= 4 is 37.9 Å². The molecule has 24 heavy (non-hydrogen) atoms. The molecule has 1 rings (SSSR count). The monoisotopic (exact) mass is 421 g/mol. The summed E-state index contributed by atoms with van der Waals surface area (Å²) in [5, 5.41) is 0. The number of rotatable bonds is 7. The average molecular weight is 422 g/mol. The topological polar surface area (TPSA) is 90.0 Å². The molecule has 0 spiro atoms. The van der Waals surface area contributed by atoms with Crippen molar-refractivity contribution in [2.24, 2.45) is 0 Å². The molecule has 0 aliphatic rings. The minimum Gasteiger partial charge on any atom is -0.468 e. The Balaban J connectivity index is 3.26. The molecule has 7 nitrogen and oxygen atoms in total. The van der Waals surface area contributed by atoms with Gasteiger partial charge in [0, 0.05) is 10.5 Å². The number of hydrogen-bond acceptors (Lipinski definition) is 6. The van der Waals surface area contributed by atoms with E-state index in [9.17, 15) is 18.0 Å². The zero-order valence-electron chi connectivity index (χ0n) is 13.9. The maximum absolute atomic E-state index is 12.8. The standard InChI is InChI=1S/C15H20BrNO6S/c1-5-23-15(19)11-6-7-13(12(16)8-11)24(20,21)17(10(2)3)9-14(18)22-4/h6-8,10H,5,9H2,1-4H3. The number of esters is 2. The molecule has 9 heteroatoms. The van der Waals surface area contributed by atoms with Crippen molar-refractivity contribution in [3.63, 3.8) is 0 Å². The van der Waals surface area contributed by atoms with E-state index in [1.807, 2.05) is 0 Å². The zero-order chi connectivity index (χ0) is 18.5. The average Bonchev–Trinajstić information content (AvgIpc) is 2.51. The summed E-state index contributed by atoms with van der Waals surface area (Å²) < 4.78 is 36.3. The van der Waals surface area contributed by atoms with Gasteiger partial charge in [0.2, 0.25) is 10.0 Å². The van der Waals surface area contributed by atoms with Crippen molar-refractivity contribution in [1.29, 1.82) is 0 Å². The Hall–Kier alpha value is -1.45. The zero-order valence-corrected chi connectivity index (χ0v) is 16.3. The van der Waals surface area contributed by atoms with Gasteiger partial charge in [-0.25, -0.2) is 13.2 Å². The van der Waals surface area contributed by atoms with E-state index in [2.05, 4.69) is 20.7 Å². The van der Waals surface area contributed by atoms with Gasteiger partial charge in [-0.05, 0) is 54.9 Å². The summed E-state index contributed by atoms with van der Waals surface area (Å²) >= 11 is 3.17.